The lowest BCUT2D eigenvalue weighted by atomic mass is 9.92. The molecular formula is C13H17N3S. The quantitative estimate of drug-likeness (QED) is 0.904. The van der Waals surface area contributed by atoms with Gasteiger partial charge in [0, 0.05) is 30.2 Å². The van der Waals surface area contributed by atoms with Gasteiger partial charge in [-0.2, -0.15) is 0 Å². The van der Waals surface area contributed by atoms with Crippen LogP contribution in [0.3, 0.4) is 0 Å². The van der Waals surface area contributed by atoms with E-state index in [-0.39, 0.29) is 0 Å². The maximum absolute atomic E-state index is 6.34. The minimum atomic E-state index is 0.312. The van der Waals surface area contributed by atoms with E-state index in [1.54, 1.807) is 11.3 Å². The number of nitrogens with zero attached hydrogens (tertiary/aromatic N) is 2. The van der Waals surface area contributed by atoms with Crippen LogP contribution < -0.4 is 5.73 Å². The summed E-state index contributed by atoms with van der Waals surface area (Å²) in [6, 6.07) is 0.312. The number of thiazole rings is 1. The average Bonchev–Trinajstić information content (AvgIpc) is 2.72. The van der Waals surface area contributed by atoms with Crippen molar-refractivity contribution in [3.8, 4) is 0 Å². The molecule has 0 aromatic carbocycles. The highest BCUT2D eigenvalue weighted by Crippen LogP contribution is 2.55. The number of aromatic nitrogens is 2. The number of rotatable bonds is 3. The fourth-order valence-electron chi connectivity index (χ4n) is 3.39. The van der Waals surface area contributed by atoms with Crippen molar-refractivity contribution in [2.45, 2.75) is 31.7 Å². The molecule has 2 N–H and O–H groups in total. The molecule has 4 rings (SSSR count). The molecule has 3 unspecified atom stereocenters. The van der Waals surface area contributed by atoms with E-state index in [1.807, 2.05) is 0 Å². The van der Waals surface area contributed by atoms with Crippen LogP contribution in [0, 0.1) is 17.8 Å². The molecule has 0 amide bonds. The molecule has 2 aliphatic rings. The van der Waals surface area contributed by atoms with Crippen molar-refractivity contribution in [3.05, 3.63) is 23.5 Å². The molecule has 4 heteroatoms. The van der Waals surface area contributed by atoms with E-state index in [0.29, 0.717) is 6.04 Å². The van der Waals surface area contributed by atoms with Crippen LogP contribution in [0.1, 0.15) is 25.0 Å². The summed E-state index contributed by atoms with van der Waals surface area (Å²) in [5.41, 5.74) is 7.50. The molecule has 0 spiro atoms. The Morgan fingerprint density at radius 1 is 1.41 bits per heavy atom. The Labute approximate surface area is 105 Å². The number of hydrogen-bond donors (Lipinski definition) is 1. The van der Waals surface area contributed by atoms with Gasteiger partial charge in [-0.1, -0.05) is 0 Å². The predicted molar refractivity (Wildman–Crippen MR) is 69.1 cm³/mol. The summed E-state index contributed by atoms with van der Waals surface area (Å²) in [6.45, 7) is 0. The zero-order chi connectivity index (χ0) is 11.4. The minimum Gasteiger partial charge on any atom is -0.327 e. The van der Waals surface area contributed by atoms with Crippen LogP contribution in [0.15, 0.2) is 17.8 Å². The molecule has 0 aliphatic heterocycles. The molecule has 17 heavy (non-hydrogen) atoms. The minimum absolute atomic E-state index is 0.312. The third-order valence-corrected chi connectivity index (χ3v) is 5.24. The summed E-state index contributed by atoms with van der Waals surface area (Å²) < 4.78 is 2.10. The smallest absolute Gasteiger partial charge is 0.193 e. The fraction of sp³-hybridized carbons (Fsp3) is 0.615. The van der Waals surface area contributed by atoms with Gasteiger partial charge in [-0.25, -0.2) is 4.98 Å². The van der Waals surface area contributed by atoms with Crippen LogP contribution in [0.2, 0.25) is 0 Å². The van der Waals surface area contributed by atoms with Crippen molar-refractivity contribution in [1.29, 1.82) is 0 Å². The topological polar surface area (TPSA) is 43.3 Å². The lowest BCUT2D eigenvalue weighted by molar-refractivity contribution is 0.391. The second-order valence-corrected chi connectivity index (χ2v) is 6.55. The summed E-state index contributed by atoms with van der Waals surface area (Å²) in [4.78, 5) is 5.70. The Bertz CT molecular complexity index is 505. The molecule has 0 radical (unpaired) electrons. The van der Waals surface area contributed by atoms with Crippen molar-refractivity contribution in [2.24, 2.45) is 23.5 Å². The molecule has 90 valence electrons. The second kappa shape index (κ2) is 3.56. The first-order chi connectivity index (χ1) is 8.29. The van der Waals surface area contributed by atoms with Crippen molar-refractivity contribution >= 4 is 16.3 Å². The van der Waals surface area contributed by atoms with Gasteiger partial charge in [0.1, 0.15) is 0 Å². The highest BCUT2D eigenvalue weighted by Gasteiger charge is 2.47. The first-order valence-electron chi connectivity index (χ1n) is 6.46. The van der Waals surface area contributed by atoms with Gasteiger partial charge in [-0.15, -0.1) is 11.3 Å². The number of fused-ring (bicyclic) bond motifs is 2. The van der Waals surface area contributed by atoms with Gasteiger partial charge in [0.2, 0.25) is 0 Å². The fourth-order valence-corrected chi connectivity index (χ4v) is 4.11. The van der Waals surface area contributed by atoms with E-state index in [2.05, 4.69) is 27.2 Å². The molecule has 2 aliphatic carbocycles. The van der Waals surface area contributed by atoms with E-state index in [1.165, 1.54) is 19.3 Å². The Morgan fingerprint density at radius 3 is 3.00 bits per heavy atom. The molecule has 2 aromatic heterocycles. The molecule has 2 fully saturated rings. The normalized spacial score (nSPS) is 32.9. The van der Waals surface area contributed by atoms with Crippen LogP contribution in [0.4, 0.5) is 0 Å². The standard InChI is InChI=1S/C13H17N3S/c14-12(10-4-8-3-9(8)5-10)6-11-7-16-1-2-17-13(16)15-11/h1-2,7-10,12H,3-6,14H2. The summed E-state index contributed by atoms with van der Waals surface area (Å²) >= 11 is 1.69. The molecule has 3 nitrogen and oxygen atoms in total. The summed E-state index contributed by atoms with van der Waals surface area (Å²) in [5, 5.41) is 2.07. The zero-order valence-electron chi connectivity index (χ0n) is 9.75. The summed E-state index contributed by atoms with van der Waals surface area (Å²) in [6.07, 6.45) is 9.35. The van der Waals surface area contributed by atoms with Crippen molar-refractivity contribution < 1.29 is 0 Å². The van der Waals surface area contributed by atoms with E-state index in [9.17, 15) is 0 Å². The van der Waals surface area contributed by atoms with Gasteiger partial charge >= 0.3 is 0 Å². The van der Waals surface area contributed by atoms with Crippen LogP contribution >= 0.6 is 11.3 Å². The van der Waals surface area contributed by atoms with Gasteiger partial charge in [0.05, 0.1) is 5.69 Å². The molecule has 3 atom stereocenters. The van der Waals surface area contributed by atoms with Crippen molar-refractivity contribution in [3.63, 3.8) is 0 Å². The van der Waals surface area contributed by atoms with Gasteiger partial charge in [0.15, 0.2) is 4.96 Å². The number of hydrogen-bond acceptors (Lipinski definition) is 3. The van der Waals surface area contributed by atoms with Crippen LogP contribution in [0.25, 0.3) is 4.96 Å². The lowest BCUT2D eigenvalue weighted by Gasteiger charge is -2.19. The van der Waals surface area contributed by atoms with Crippen LogP contribution in [-0.4, -0.2) is 15.4 Å². The maximum atomic E-state index is 6.34. The molecule has 2 aromatic rings. The highest BCUT2D eigenvalue weighted by molar-refractivity contribution is 7.15. The highest BCUT2D eigenvalue weighted by atomic mass is 32.1. The Hall–Kier alpha value is -0.870. The third-order valence-electron chi connectivity index (χ3n) is 4.47. The molecule has 0 saturated heterocycles. The zero-order valence-corrected chi connectivity index (χ0v) is 10.6. The molecule has 2 heterocycles. The van der Waals surface area contributed by atoms with Crippen molar-refractivity contribution in [2.75, 3.05) is 0 Å². The first-order valence-corrected chi connectivity index (χ1v) is 7.34. The van der Waals surface area contributed by atoms with Gasteiger partial charge in [-0.05, 0) is 37.0 Å². The van der Waals surface area contributed by atoms with Gasteiger partial charge in [-0.3, -0.25) is 4.40 Å². The Morgan fingerprint density at radius 2 is 2.24 bits per heavy atom. The van der Waals surface area contributed by atoms with Gasteiger partial charge < -0.3 is 5.73 Å². The van der Waals surface area contributed by atoms with E-state index >= 15 is 0 Å². The second-order valence-electron chi connectivity index (χ2n) is 5.68. The van der Waals surface area contributed by atoms with E-state index in [0.717, 1.165) is 34.8 Å². The predicted octanol–water partition coefficient (Wildman–Crippen LogP) is 2.31. The van der Waals surface area contributed by atoms with Crippen LogP contribution in [0.5, 0.6) is 0 Å². The number of imidazole rings is 1. The summed E-state index contributed by atoms with van der Waals surface area (Å²) in [5.74, 6) is 2.80. The molecule has 2 saturated carbocycles. The average molecular weight is 247 g/mol. The Balaban J connectivity index is 1.47. The van der Waals surface area contributed by atoms with Gasteiger partial charge in [0.25, 0.3) is 0 Å². The van der Waals surface area contributed by atoms with Crippen molar-refractivity contribution in [1.82, 2.24) is 9.38 Å². The lowest BCUT2D eigenvalue weighted by Crippen LogP contribution is -2.31. The summed E-state index contributed by atoms with van der Waals surface area (Å²) in [7, 11) is 0. The van der Waals surface area contributed by atoms with E-state index in [4.69, 9.17) is 5.73 Å². The van der Waals surface area contributed by atoms with Crippen LogP contribution in [-0.2, 0) is 6.42 Å². The monoisotopic (exact) mass is 247 g/mol. The molecular weight excluding hydrogens is 230 g/mol. The maximum Gasteiger partial charge on any atom is 0.193 e. The number of nitrogens with two attached hydrogens (primary N) is 1. The third kappa shape index (κ3) is 1.70. The largest absolute Gasteiger partial charge is 0.327 e. The first kappa shape index (κ1) is 10.1. The Kier molecular flexibility index (Phi) is 2.11. The van der Waals surface area contributed by atoms with E-state index < -0.39 is 0 Å². The SMILES string of the molecule is NC(Cc1cn2ccsc2n1)C1CC2CC2C1. The molecule has 0 bridgehead atoms.